The van der Waals surface area contributed by atoms with Gasteiger partial charge in [0.15, 0.2) is 17.5 Å². The molecule has 8 heterocycles. The van der Waals surface area contributed by atoms with Gasteiger partial charge in [-0.15, -0.1) is 0 Å². The van der Waals surface area contributed by atoms with Crippen molar-refractivity contribution in [2.75, 3.05) is 209 Å². The number of carbonyl (C=O) groups is 1. The van der Waals surface area contributed by atoms with Crippen LogP contribution in [0.3, 0.4) is 0 Å². The maximum atomic E-state index is 12.8. The van der Waals surface area contributed by atoms with Crippen LogP contribution in [0.1, 0.15) is 50.0 Å². The smallest absolute Gasteiger partial charge is 0.317 e. The van der Waals surface area contributed by atoms with Crippen molar-refractivity contribution in [1.82, 2.24) is 54.8 Å². The fourth-order valence-corrected chi connectivity index (χ4v) is 19.1. The van der Waals surface area contributed by atoms with E-state index in [1.807, 2.05) is 114 Å². The molecule has 5 aliphatic rings. The second kappa shape index (κ2) is 39.5. The van der Waals surface area contributed by atoms with Crippen LogP contribution in [0.4, 0.5) is 85.6 Å². The summed E-state index contributed by atoms with van der Waals surface area (Å²) in [6, 6.07) is 42.1. The van der Waals surface area contributed by atoms with E-state index in [1.165, 1.54) is 56.7 Å². The van der Waals surface area contributed by atoms with Gasteiger partial charge in [0.05, 0.1) is 87.3 Å². The lowest BCUT2D eigenvalue weighted by atomic mass is 9.87. The van der Waals surface area contributed by atoms with Crippen molar-refractivity contribution < 1.29 is 37.4 Å². The average Bonchev–Trinajstić information content (AvgIpc) is 0.813. The molecule has 7 N–H and O–H groups in total. The zero-order valence-electron chi connectivity index (χ0n) is 67.8. The largest absolute Gasteiger partial charge is 0.495 e. The molecule has 5 saturated heterocycles. The van der Waals surface area contributed by atoms with Crippen LogP contribution in [0, 0.1) is 0 Å². The molecule has 0 bridgehead atoms. The standard InChI is InChI=1S/C30H40ClN8O3P.C30H40ClN6O2P.C23H27ClN5O3P/c1-32-30(40)39-17-15-38(16-18-39)21-11-13-37(14-12-21)22-9-10-24(26(19-22)42-2)35-29-33-20-23(31)28(36-29)34-25-7-5-6-8-27(25)43(3,4)41;1-36-15-13-23(14-16-36)37-17-11-21(12-18-37)22-9-10-25(27(19-22)39-2)34-30-32-20-24(31)29(35-30)33-26-7-5-6-8-28(26)40(3,4)38;1-31-20-14-16(29-10-12-32-13-11-29)8-9-18(20)27-23-25-15-17(24)22(28-23)26-19-6-4-5-7-21(19)33(2,3)30/h5-10,19-21H,11-18H2,1-4H3,(H,32,40)(H2,33,34,35,36);5-10,19-21,23H,11-18H2,1-4H3,(H2,32,33,34,35);4-9,14-15H,10-13H2,1-3H3,(H2,25,26,27,28). The lowest BCUT2D eigenvalue weighted by Crippen LogP contribution is -2.55. The minimum Gasteiger partial charge on any atom is -0.495 e. The SMILES string of the molecule is CNC(=O)N1CCN(C2CCN(c3ccc(Nc4ncc(Cl)c(Nc5ccccc5P(C)(C)=O)n4)c(OC)c3)CC2)CC1.COc1cc(C2CCN(C3CCN(C)CC3)CC2)ccc1Nc1ncc(Cl)c(Nc2ccccc2P(C)(C)=O)n1.COc1cc(N2CCOCC2)ccc1Nc1ncc(Cl)c(Nc2ccccc2P(C)(C)=O)n1. The number of benzene rings is 6. The van der Waals surface area contributed by atoms with Gasteiger partial charge < -0.3 is 94.4 Å². The van der Waals surface area contributed by atoms with Gasteiger partial charge in [0.2, 0.25) is 17.8 Å². The molecule has 0 atom stereocenters. The second-order valence-corrected chi connectivity index (χ2v) is 41.3. The molecule has 2 amide bonds. The van der Waals surface area contributed by atoms with Gasteiger partial charge in [0.25, 0.3) is 0 Å². The molecule has 0 saturated carbocycles. The Morgan fingerprint density at radius 1 is 0.431 bits per heavy atom. The molecule has 0 unspecified atom stereocenters. The molecule has 618 valence electrons. The number of aromatic nitrogens is 6. The predicted molar refractivity (Wildman–Crippen MR) is 476 cm³/mol. The Labute approximate surface area is 696 Å². The molecule has 9 aromatic rings. The number of nitrogens with zero attached hydrogens (tertiary/aromatic N) is 12. The van der Waals surface area contributed by atoms with Crippen LogP contribution < -0.4 is 77.1 Å². The quantitative estimate of drug-likeness (QED) is 0.0293. The third kappa shape index (κ3) is 22.6. The summed E-state index contributed by atoms with van der Waals surface area (Å²) < 4.78 is 60.9. The van der Waals surface area contributed by atoms with Crippen LogP contribution >= 0.6 is 56.2 Å². The van der Waals surface area contributed by atoms with Gasteiger partial charge in [0.1, 0.15) is 53.7 Å². The topological polar surface area (TPSA) is 286 Å². The summed E-state index contributed by atoms with van der Waals surface area (Å²) in [4.78, 5) is 52.9. The molecule has 116 heavy (non-hydrogen) atoms. The maximum absolute atomic E-state index is 12.8. The van der Waals surface area contributed by atoms with Gasteiger partial charge >= 0.3 is 6.03 Å². The summed E-state index contributed by atoms with van der Waals surface area (Å²) in [6.45, 7) is 23.5. The Bertz CT molecular complexity index is 5010. The summed E-state index contributed by atoms with van der Waals surface area (Å²) in [5, 5.41) is 25.5. The van der Waals surface area contributed by atoms with E-state index in [2.05, 4.69) is 117 Å². The first kappa shape index (κ1) is 86.4. The van der Waals surface area contributed by atoms with Crippen molar-refractivity contribution in [1.29, 1.82) is 0 Å². The highest BCUT2D eigenvalue weighted by Gasteiger charge is 2.32. The van der Waals surface area contributed by atoms with Crippen LogP contribution in [0.2, 0.25) is 15.1 Å². The zero-order valence-corrected chi connectivity index (χ0v) is 72.8. The number of halogens is 3. The summed E-state index contributed by atoms with van der Waals surface area (Å²) in [6.07, 6.45) is 11.7. The number of piperazine rings is 1. The highest BCUT2D eigenvalue weighted by Crippen LogP contribution is 2.44. The minimum absolute atomic E-state index is 0.00731. The number of carbonyl (C=O) groups excluding carboxylic acids is 1. The van der Waals surface area contributed by atoms with Gasteiger partial charge in [-0.2, -0.15) is 15.0 Å². The molecule has 0 aliphatic carbocycles. The van der Waals surface area contributed by atoms with Gasteiger partial charge in [0, 0.05) is 111 Å². The Balaban J connectivity index is 0.000000162. The van der Waals surface area contributed by atoms with Crippen molar-refractivity contribution in [3.8, 4) is 17.2 Å². The number of hydrogen-bond acceptors (Lipinski definition) is 25. The Hall–Kier alpha value is -8.97. The van der Waals surface area contributed by atoms with Crippen molar-refractivity contribution >= 4 is 159 Å². The molecule has 5 aliphatic heterocycles. The van der Waals surface area contributed by atoms with Gasteiger partial charge in [-0.3, -0.25) is 4.90 Å². The van der Waals surface area contributed by atoms with Gasteiger partial charge in [-0.05, 0) is 196 Å². The number of amides is 2. The third-order valence-corrected chi connectivity index (χ3v) is 27.0. The molecule has 27 nitrogen and oxygen atoms in total. The van der Waals surface area contributed by atoms with E-state index in [0.717, 1.165) is 134 Å². The summed E-state index contributed by atoms with van der Waals surface area (Å²) in [5.74, 6) is 5.00. The number of morpholine rings is 1. The number of nitrogens with one attached hydrogen (secondary N) is 7. The Morgan fingerprint density at radius 2 is 0.793 bits per heavy atom. The molecule has 3 aromatic heterocycles. The van der Waals surface area contributed by atoms with Gasteiger partial charge in [-0.25, -0.2) is 19.7 Å². The normalized spacial score (nSPS) is 16.4. The number of anilines is 14. The first-order valence-corrected chi connectivity index (χ1v) is 48.0. The van der Waals surface area contributed by atoms with Crippen LogP contribution in [-0.2, 0) is 18.4 Å². The van der Waals surface area contributed by atoms with Crippen LogP contribution in [0.5, 0.6) is 17.2 Å². The lowest BCUT2D eigenvalue weighted by molar-refractivity contribution is 0.0966. The Morgan fingerprint density at radius 3 is 1.18 bits per heavy atom. The van der Waals surface area contributed by atoms with E-state index in [9.17, 15) is 18.5 Å². The number of ether oxygens (including phenoxy) is 4. The van der Waals surface area contributed by atoms with E-state index >= 15 is 0 Å². The fourth-order valence-electron chi connectivity index (χ4n) is 15.2. The van der Waals surface area contributed by atoms with E-state index in [-0.39, 0.29) is 6.03 Å². The third-order valence-electron chi connectivity index (χ3n) is 21.5. The summed E-state index contributed by atoms with van der Waals surface area (Å²) in [7, 11) is 1.35. The highest BCUT2D eigenvalue weighted by molar-refractivity contribution is 7.71. The van der Waals surface area contributed by atoms with Gasteiger partial charge in [-0.1, -0.05) is 77.3 Å². The minimum atomic E-state index is -2.52. The van der Waals surface area contributed by atoms with Crippen LogP contribution in [0.25, 0.3) is 0 Å². The average molecular weight is 1700 g/mol. The van der Waals surface area contributed by atoms with Crippen LogP contribution in [-0.4, -0.2) is 235 Å². The molecular formula is C83H107Cl3N19O8P3. The molecule has 33 heteroatoms. The number of methoxy groups -OCH3 is 3. The number of hydrogen-bond donors (Lipinski definition) is 7. The lowest BCUT2D eigenvalue weighted by Gasteiger charge is -2.43. The van der Waals surface area contributed by atoms with E-state index < -0.39 is 21.4 Å². The monoisotopic (exact) mass is 1700 g/mol. The number of para-hydroxylation sites is 3. The Kier molecular flexibility index (Phi) is 29.4. The van der Waals surface area contributed by atoms with Crippen molar-refractivity contribution in [2.24, 2.45) is 0 Å². The number of likely N-dealkylation sites (tertiary alicyclic amines) is 2. The molecule has 5 fully saturated rings. The first-order chi connectivity index (χ1) is 55.7. The second-order valence-electron chi connectivity index (χ2n) is 30.5. The number of rotatable bonds is 23. The molecule has 14 rings (SSSR count). The highest BCUT2D eigenvalue weighted by atomic mass is 35.5. The van der Waals surface area contributed by atoms with E-state index in [4.69, 9.17) is 53.8 Å². The first-order valence-electron chi connectivity index (χ1n) is 39.1. The van der Waals surface area contributed by atoms with Crippen molar-refractivity contribution in [3.63, 3.8) is 0 Å². The predicted octanol–water partition coefficient (Wildman–Crippen LogP) is 15.7. The number of urea groups is 1. The molecule has 0 spiro atoms. The summed E-state index contributed by atoms with van der Waals surface area (Å²) >= 11 is 19.2. The van der Waals surface area contributed by atoms with E-state index in [0.29, 0.717) is 104 Å². The van der Waals surface area contributed by atoms with Crippen molar-refractivity contribution in [3.05, 3.63) is 167 Å². The fraction of sp³-hybridized carbons (Fsp3) is 0.410. The molecule has 6 aromatic carbocycles. The van der Waals surface area contributed by atoms with E-state index in [1.54, 1.807) is 74.6 Å². The zero-order chi connectivity index (χ0) is 82.3. The molecular weight excluding hydrogens is 1590 g/mol. The molecule has 0 radical (unpaired) electrons. The van der Waals surface area contributed by atoms with Crippen molar-refractivity contribution in [2.45, 2.75) is 56.5 Å². The maximum Gasteiger partial charge on any atom is 0.317 e. The van der Waals surface area contributed by atoms with Crippen LogP contribution in [0.15, 0.2) is 146 Å². The number of piperidine rings is 3. The summed E-state index contributed by atoms with van der Waals surface area (Å²) in [5.41, 5.74) is 7.84.